The first-order valence-corrected chi connectivity index (χ1v) is 8.86. The second kappa shape index (κ2) is 6.74. The molecule has 1 saturated carbocycles. The van der Waals surface area contributed by atoms with Crippen LogP contribution in [0.5, 0.6) is 0 Å². The second-order valence-electron chi connectivity index (χ2n) is 5.46. The van der Waals surface area contributed by atoms with E-state index in [0.29, 0.717) is 11.7 Å². The number of hydrogen-bond donors (Lipinski definition) is 2. The van der Waals surface area contributed by atoms with Crippen LogP contribution in [0.4, 0.5) is 0 Å². The molecule has 0 amide bonds. The third-order valence-corrected chi connectivity index (χ3v) is 5.43. The lowest BCUT2D eigenvalue weighted by molar-refractivity contribution is 0.283. The van der Waals surface area contributed by atoms with E-state index in [0.717, 1.165) is 19.3 Å². The van der Waals surface area contributed by atoms with Crippen molar-refractivity contribution in [2.45, 2.75) is 63.1 Å². The molecule has 0 saturated heterocycles. The molecule has 1 aliphatic rings. The van der Waals surface area contributed by atoms with Gasteiger partial charge in [0.1, 0.15) is 5.76 Å². The normalized spacial score (nSPS) is 19.1. The molecule has 0 spiro atoms. The van der Waals surface area contributed by atoms with Gasteiger partial charge >= 0.3 is 0 Å². The molecule has 1 aromatic rings. The van der Waals surface area contributed by atoms with Crippen LogP contribution in [0.1, 0.15) is 51.2 Å². The fourth-order valence-corrected chi connectivity index (χ4v) is 4.26. The fraction of sp³-hybridized carbons (Fsp3) is 0.714. The molecule has 20 heavy (non-hydrogen) atoms. The Labute approximate surface area is 121 Å². The molecule has 0 bridgehead atoms. The van der Waals surface area contributed by atoms with Crippen LogP contribution in [0.2, 0.25) is 0 Å². The summed E-state index contributed by atoms with van der Waals surface area (Å²) in [6.07, 6.45) is 6.66. The van der Waals surface area contributed by atoms with Crippen molar-refractivity contribution in [1.82, 2.24) is 4.72 Å². The third kappa shape index (κ3) is 3.62. The number of furan rings is 1. The molecule has 1 unspecified atom stereocenters. The van der Waals surface area contributed by atoms with Crippen LogP contribution >= 0.6 is 0 Å². The lowest BCUT2D eigenvalue weighted by Gasteiger charge is -2.29. The minimum Gasteiger partial charge on any atom is -0.447 e. The number of rotatable bonds is 6. The van der Waals surface area contributed by atoms with E-state index in [1.165, 1.54) is 25.3 Å². The van der Waals surface area contributed by atoms with Gasteiger partial charge in [-0.2, -0.15) is 0 Å². The predicted molar refractivity (Wildman–Crippen MR) is 77.6 cm³/mol. The first kappa shape index (κ1) is 15.5. The molecule has 3 N–H and O–H groups in total. The Balaban J connectivity index is 2.08. The van der Waals surface area contributed by atoms with Gasteiger partial charge in [0.05, 0.1) is 6.54 Å². The quantitative estimate of drug-likeness (QED) is 0.844. The van der Waals surface area contributed by atoms with E-state index in [-0.39, 0.29) is 17.7 Å². The Hall–Kier alpha value is -0.850. The molecule has 1 atom stereocenters. The van der Waals surface area contributed by atoms with Gasteiger partial charge < -0.3 is 10.2 Å². The Morgan fingerprint density at radius 1 is 1.35 bits per heavy atom. The molecule has 0 aliphatic heterocycles. The summed E-state index contributed by atoms with van der Waals surface area (Å²) in [6, 6.07) is 3.07. The smallest absolute Gasteiger partial charge is 0.274 e. The third-order valence-electron chi connectivity index (χ3n) is 4.07. The van der Waals surface area contributed by atoms with E-state index in [1.54, 1.807) is 6.07 Å². The maximum absolute atomic E-state index is 12.3. The van der Waals surface area contributed by atoms with Crippen LogP contribution < -0.4 is 10.5 Å². The predicted octanol–water partition coefficient (Wildman–Crippen LogP) is 2.38. The molecular formula is C14H24N2O3S. The van der Waals surface area contributed by atoms with Crippen molar-refractivity contribution in [3.05, 3.63) is 17.9 Å². The summed E-state index contributed by atoms with van der Waals surface area (Å²) in [4.78, 5) is 0. The zero-order valence-corrected chi connectivity index (χ0v) is 12.8. The van der Waals surface area contributed by atoms with Gasteiger partial charge in [-0.1, -0.05) is 26.2 Å². The highest BCUT2D eigenvalue weighted by Gasteiger charge is 2.28. The van der Waals surface area contributed by atoms with Crippen LogP contribution in [0.15, 0.2) is 21.6 Å². The summed E-state index contributed by atoms with van der Waals surface area (Å²) < 4.78 is 32.7. The van der Waals surface area contributed by atoms with Gasteiger partial charge in [0.25, 0.3) is 10.0 Å². The van der Waals surface area contributed by atoms with E-state index >= 15 is 0 Å². The average Bonchev–Trinajstić information content (AvgIpc) is 2.95. The molecule has 0 aromatic carbocycles. The maximum Gasteiger partial charge on any atom is 0.274 e. The van der Waals surface area contributed by atoms with Crippen molar-refractivity contribution in [2.75, 3.05) is 0 Å². The van der Waals surface area contributed by atoms with E-state index in [9.17, 15) is 8.42 Å². The van der Waals surface area contributed by atoms with Gasteiger partial charge in [0, 0.05) is 6.04 Å². The highest BCUT2D eigenvalue weighted by Crippen LogP contribution is 2.28. The van der Waals surface area contributed by atoms with E-state index in [1.807, 2.05) is 6.92 Å². The van der Waals surface area contributed by atoms with Gasteiger partial charge in [-0.3, -0.25) is 0 Å². The SMILES string of the molecule is CCC(NS(=O)(=O)c1ccc(CN)o1)C1CCCCC1. The maximum atomic E-state index is 12.3. The minimum absolute atomic E-state index is 0.00766. The molecule has 5 nitrogen and oxygen atoms in total. The molecule has 1 heterocycles. The van der Waals surface area contributed by atoms with Gasteiger partial charge in [-0.25, -0.2) is 13.1 Å². The number of hydrogen-bond acceptors (Lipinski definition) is 4. The van der Waals surface area contributed by atoms with E-state index in [2.05, 4.69) is 4.72 Å². The number of nitrogens with two attached hydrogens (primary N) is 1. The highest BCUT2D eigenvalue weighted by molar-refractivity contribution is 7.89. The zero-order chi connectivity index (χ0) is 14.6. The molecule has 0 radical (unpaired) electrons. The first-order valence-electron chi connectivity index (χ1n) is 7.38. The monoisotopic (exact) mass is 300 g/mol. The average molecular weight is 300 g/mol. The largest absolute Gasteiger partial charge is 0.447 e. The van der Waals surface area contributed by atoms with Crippen molar-refractivity contribution < 1.29 is 12.8 Å². The lowest BCUT2D eigenvalue weighted by atomic mass is 9.83. The number of sulfonamides is 1. The molecule has 1 aliphatic carbocycles. The Bertz CT molecular complexity index is 518. The number of nitrogens with one attached hydrogen (secondary N) is 1. The first-order chi connectivity index (χ1) is 9.56. The minimum atomic E-state index is -3.58. The molecule has 2 rings (SSSR count). The summed E-state index contributed by atoms with van der Waals surface area (Å²) in [5.74, 6) is 0.920. The van der Waals surface area contributed by atoms with Crippen LogP contribution in [0.3, 0.4) is 0 Å². The summed E-state index contributed by atoms with van der Waals surface area (Å²) >= 11 is 0. The van der Waals surface area contributed by atoms with Crippen molar-refractivity contribution in [3.8, 4) is 0 Å². The molecule has 6 heteroatoms. The Kier molecular flexibility index (Phi) is 5.23. The molecule has 1 fully saturated rings. The molecular weight excluding hydrogens is 276 g/mol. The Morgan fingerprint density at radius 2 is 2.05 bits per heavy atom. The summed E-state index contributed by atoms with van der Waals surface area (Å²) in [7, 11) is -3.58. The van der Waals surface area contributed by atoms with Crippen LogP contribution in [-0.4, -0.2) is 14.5 Å². The van der Waals surface area contributed by atoms with E-state index in [4.69, 9.17) is 10.2 Å². The summed E-state index contributed by atoms with van der Waals surface area (Å²) in [6.45, 7) is 2.23. The highest BCUT2D eigenvalue weighted by atomic mass is 32.2. The van der Waals surface area contributed by atoms with Crippen LogP contribution in [0, 0.1) is 5.92 Å². The van der Waals surface area contributed by atoms with Crippen molar-refractivity contribution in [2.24, 2.45) is 11.7 Å². The second-order valence-corrected chi connectivity index (χ2v) is 7.10. The van der Waals surface area contributed by atoms with Gasteiger partial charge in [0.2, 0.25) is 5.09 Å². The topological polar surface area (TPSA) is 85.3 Å². The van der Waals surface area contributed by atoms with Gasteiger partial charge in [-0.05, 0) is 37.3 Å². The van der Waals surface area contributed by atoms with Crippen molar-refractivity contribution in [1.29, 1.82) is 0 Å². The van der Waals surface area contributed by atoms with Crippen LogP contribution in [0.25, 0.3) is 0 Å². The van der Waals surface area contributed by atoms with E-state index < -0.39 is 10.0 Å². The summed E-state index contributed by atoms with van der Waals surface area (Å²) in [5.41, 5.74) is 5.44. The zero-order valence-electron chi connectivity index (χ0n) is 12.0. The molecule has 1 aromatic heterocycles. The molecule has 114 valence electrons. The van der Waals surface area contributed by atoms with Gasteiger partial charge in [0.15, 0.2) is 0 Å². The van der Waals surface area contributed by atoms with Crippen LogP contribution in [-0.2, 0) is 16.6 Å². The van der Waals surface area contributed by atoms with Gasteiger partial charge in [-0.15, -0.1) is 0 Å². The lowest BCUT2D eigenvalue weighted by Crippen LogP contribution is -2.40. The summed E-state index contributed by atoms with van der Waals surface area (Å²) in [5, 5.41) is -0.0350. The Morgan fingerprint density at radius 3 is 2.60 bits per heavy atom. The van der Waals surface area contributed by atoms with Crippen molar-refractivity contribution >= 4 is 10.0 Å². The fourth-order valence-electron chi connectivity index (χ4n) is 2.92. The van der Waals surface area contributed by atoms with Crippen molar-refractivity contribution in [3.63, 3.8) is 0 Å². The standard InChI is InChI=1S/C14H24N2O3S/c1-2-13(11-6-4-3-5-7-11)16-20(17,18)14-9-8-12(10-15)19-14/h8-9,11,13,16H,2-7,10,15H2,1H3.